The topological polar surface area (TPSA) is 66.0 Å². The highest BCUT2D eigenvalue weighted by atomic mass is 16.4. The molecule has 0 fully saturated rings. The van der Waals surface area contributed by atoms with Crippen molar-refractivity contribution in [2.24, 2.45) is 0 Å². The van der Waals surface area contributed by atoms with Crippen molar-refractivity contribution in [1.82, 2.24) is 4.57 Å². The van der Waals surface area contributed by atoms with Crippen LogP contribution in [0.25, 0.3) is 28.2 Å². The maximum Gasteiger partial charge on any atom is 0.346 e. The predicted octanol–water partition coefficient (Wildman–Crippen LogP) is 5.41. The van der Waals surface area contributed by atoms with Crippen LogP contribution in [-0.4, -0.2) is 15.6 Å². The molecule has 0 spiro atoms. The molecule has 136 valence electrons. The summed E-state index contributed by atoms with van der Waals surface area (Å²) in [5.41, 5.74) is 4.69. The van der Waals surface area contributed by atoms with Gasteiger partial charge in [-0.25, -0.2) is 4.79 Å². The molecule has 0 radical (unpaired) electrons. The van der Waals surface area contributed by atoms with Gasteiger partial charge in [0.05, 0.1) is 5.69 Å². The van der Waals surface area contributed by atoms with Gasteiger partial charge in [0.25, 0.3) is 0 Å². The Morgan fingerprint density at radius 1 is 1.22 bits per heavy atom. The van der Waals surface area contributed by atoms with Crippen LogP contribution in [0.3, 0.4) is 0 Å². The molecule has 0 bridgehead atoms. The highest BCUT2D eigenvalue weighted by Crippen LogP contribution is 2.36. The number of hydrogen-bond donors (Lipinski definition) is 1. The van der Waals surface area contributed by atoms with E-state index in [0.29, 0.717) is 0 Å². The van der Waals surface area contributed by atoms with Crippen molar-refractivity contribution in [1.29, 1.82) is 5.26 Å². The molecule has 0 amide bonds. The van der Waals surface area contributed by atoms with Crippen LogP contribution in [0.1, 0.15) is 30.9 Å². The minimum absolute atomic E-state index is 0.262. The first-order valence-corrected chi connectivity index (χ1v) is 9.10. The molecule has 0 saturated carbocycles. The van der Waals surface area contributed by atoms with Crippen LogP contribution in [0.15, 0.2) is 54.1 Å². The van der Waals surface area contributed by atoms with Gasteiger partial charge in [0.1, 0.15) is 11.6 Å². The van der Waals surface area contributed by atoms with E-state index in [0.717, 1.165) is 52.7 Å². The number of fused-ring (bicyclic) bond motifs is 1. The second-order valence-corrected chi connectivity index (χ2v) is 6.63. The summed E-state index contributed by atoms with van der Waals surface area (Å²) < 4.78 is 2.25. The van der Waals surface area contributed by atoms with Crippen LogP contribution in [-0.2, 0) is 11.3 Å². The highest BCUT2D eigenvalue weighted by molar-refractivity contribution is 6.04. The third-order valence-electron chi connectivity index (χ3n) is 4.68. The maximum atomic E-state index is 11.5. The lowest BCUT2D eigenvalue weighted by Crippen LogP contribution is -2.01. The summed E-state index contributed by atoms with van der Waals surface area (Å²) >= 11 is 0. The van der Waals surface area contributed by atoms with Gasteiger partial charge < -0.3 is 9.67 Å². The van der Waals surface area contributed by atoms with Crippen LogP contribution in [0, 0.1) is 18.3 Å². The van der Waals surface area contributed by atoms with Gasteiger partial charge in [0.2, 0.25) is 0 Å². The van der Waals surface area contributed by atoms with Crippen molar-refractivity contribution in [3.8, 4) is 17.3 Å². The van der Waals surface area contributed by atoms with Crippen LogP contribution in [0.5, 0.6) is 0 Å². The summed E-state index contributed by atoms with van der Waals surface area (Å²) in [7, 11) is 0. The standard InChI is InChI=1S/C23H22N2O2/c1-3-4-12-25-21-11-6-5-10-19(21)20(14-18(15-24)23(26)27)22(25)17-9-7-8-16(2)13-17/h5-11,13-14H,3-4,12H2,1-2H3,(H,26,27)/b18-14+. The number of aryl methyl sites for hydroxylation is 2. The van der Waals surface area contributed by atoms with Crippen LogP contribution < -0.4 is 0 Å². The number of aliphatic carboxylic acids is 1. The van der Waals surface area contributed by atoms with Crippen LogP contribution >= 0.6 is 0 Å². The number of unbranched alkanes of at least 4 members (excludes halogenated alkanes) is 1. The molecule has 0 aliphatic rings. The van der Waals surface area contributed by atoms with Crippen molar-refractivity contribution < 1.29 is 9.90 Å². The Bertz CT molecular complexity index is 1070. The maximum absolute atomic E-state index is 11.5. The van der Waals surface area contributed by atoms with E-state index in [1.807, 2.05) is 49.4 Å². The Morgan fingerprint density at radius 3 is 2.67 bits per heavy atom. The molecule has 0 aliphatic carbocycles. The van der Waals surface area contributed by atoms with Crippen molar-refractivity contribution in [3.05, 3.63) is 65.2 Å². The van der Waals surface area contributed by atoms with Crippen molar-refractivity contribution in [2.45, 2.75) is 33.2 Å². The molecule has 2 aromatic carbocycles. The number of carbonyl (C=O) groups is 1. The van der Waals surface area contributed by atoms with Gasteiger partial charge in [0.15, 0.2) is 0 Å². The van der Waals surface area contributed by atoms with E-state index in [-0.39, 0.29) is 5.57 Å². The Hall–Kier alpha value is -3.32. The fourth-order valence-electron chi connectivity index (χ4n) is 3.41. The average molecular weight is 358 g/mol. The van der Waals surface area contributed by atoms with Crippen LogP contribution in [0.2, 0.25) is 0 Å². The normalized spacial score (nSPS) is 11.5. The van der Waals surface area contributed by atoms with E-state index in [4.69, 9.17) is 0 Å². The Morgan fingerprint density at radius 2 is 2.00 bits per heavy atom. The zero-order chi connectivity index (χ0) is 19.4. The first-order chi connectivity index (χ1) is 13.1. The summed E-state index contributed by atoms with van der Waals surface area (Å²) in [5, 5.41) is 19.6. The van der Waals surface area contributed by atoms with Gasteiger partial charge in [-0.3, -0.25) is 0 Å². The first kappa shape index (κ1) is 18.5. The number of aromatic nitrogens is 1. The van der Waals surface area contributed by atoms with Gasteiger partial charge in [-0.05, 0) is 37.1 Å². The zero-order valence-corrected chi connectivity index (χ0v) is 15.6. The first-order valence-electron chi connectivity index (χ1n) is 9.10. The molecule has 1 aromatic heterocycles. The summed E-state index contributed by atoms with van der Waals surface area (Å²) in [4.78, 5) is 11.5. The molecule has 4 nitrogen and oxygen atoms in total. The predicted molar refractivity (Wildman–Crippen MR) is 108 cm³/mol. The van der Waals surface area contributed by atoms with Crippen molar-refractivity contribution in [3.63, 3.8) is 0 Å². The third-order valence-corrected chi connectivity index (χ3v) is 4.68. The van der Waals surface area contributed by atoms with Crippen molar-refractivity contribution in [2.75, 3.05) is 0 Å². The minimum Gasteiger partial charge on any atom is -0.477 e. The Kier molecular flexibility index (Phi) is 5.42. The average Bonchev–Trinajstić information content (AvgIpc) is 2.97. The number of nitriles is 1. The molecule has 4 heteroatoms. The van der Waals surface area contributed by atoms with E-state index in [1.54, 1.807) is 0 Å². The summed E-state index contributed by atoms with van der Waals surface area (Å²) in [6.45, 7) is 5.02. The van der Waals surface area contributed by atoms with E-state index in [9.17, 15) is 15.2 Å². The second-order valence-electron chi connectivity index (χ2n) is 6.63. The largest absolute Gasteiger partial charge is 0.477 e. The number of rotatable bonds is 6. The summed E-state index contributed by atoms with van der Waals surface area (Å²) in [6, 6.07) is 17.9. The lowest BCUT2D eigenvalue weighted by Gasteiger charge is -2.12. The van der Waals surface area contributed by atoms with Gasteiger partial charge in [-0.1, -0.05) is 55.3 Å². The molecule has 3 rings (SSSR count). The molecule has 1 N–H and O–H groups in total. The molecular weight excluding hydrogens is 336 g/mol. The van der Waals surface area contributed by atoms with E-state index < -0.39 is 5.97 Å². The van der Waals surface area contributed by atoms with E-state index in [2.05, 4.69) is 23.6 Å². The van der Waals surface area contributed by atoms with Gasteiger partial charge >= 0.3 is 5.97 Å². The van der Waals surface area contributed by atoms with E-state index >= 15 is 0 Å². The molecule has 27 heavy (non-hydrogen) atoms. The minimum atomic E-state index is -1.21. The fraction of sp³-hybridized carbons (Fsp3) is 0.217. The molecule has 1 heterocycles. The van der Waals surface area contributed by atoms with Gasteiger partial charge in [0, 0.05) is 23.0 Å². The summed E-state index contributed by atoms with van der Waals surface area (Å²) in [6.07, 6.45) is 3.58. The zero-order valence-electron chi connectivity index (χ0n) is 15.6. The van der Waals surface area contributed by atoms with Gasteiger partial charge in [-0.2, -0.15) is 5.26 Å². The SMILES string of the molecule is CCCCn1c(-c2cccc(C)c2)c(/C=C(\C#N)C(=O)O)c2ccccc21. The Labute approximate surface area is 159 Å². The molecule has 0 atom stereocenters. The molecule has 0 saturated heterocycles. The van der Waals surface area contributed by atoms with Crippen LogP contribution in [0.4, 0.5) is 0 Å². The number of para-hydroxylation sites is 1. The van der Waals surface area contributed by atoms with Gasteiger partial charge in [-0.15, -0.1) is 0 Å². The monoisotopic (exact) mass is 358 g/mol. The number of carboxylic acid groups (broad SMARTS) is 1. The molecule has 0 unspecified atom stereocenters. The molecular formula is C23H22N2O2. The number of carboxylic acids is 1. The van der Waals surface area contributed by atoms with E-state index in [1.165, 1.54) is 6.08 Å². The molecule has 3 aromatic rings. The smallest absolute Gasteiger partial charge is 0.346 e. The highest BCUT2D eigenvalue weighted by Gasteiger charge is 2.19. The number of nitrogens with zero attached hydrogens (tertiary/aromatic N) is 2. The summed E-state index contributed by atoms with van der Waals surface area (Å²) in [5.74, 6) is -1.21. The lowest BCUT2D eigenvalue weighted by molar-refractivity contribution is -0.132. The number of hydrogen-bond acceptors (Lipinski definition) is 2. The lowest BCUT2D eigenvalue weighted by atomic mass is 10.0. The fourth-order valence-corrected chi connectivity index (χ4v) is 3.41. The Balaban J connectivity index is 2.40. The quantitative estimate of drug-likeness (QED) is 0.473. The second kappa shape index (κ2) is 7.92. The third kappa shape index (κ3) is 3.63. The molecule has 0 aliphatic heterocycles. The number of benzene rings is 2. The van der Waals surface area contributed by atoms with Crippen molar-refractivity contribution >= 4 is 22.9 Å².